The number of aromatic nitrogens is 2. The first-order valence-corrected chi connectivity index (χ1v) is 11.5. The van der Waals surface area contributed by atoms with Crippen molar-refractivity contribution >= 4 is 0 Å². The minimum Gasteiger partial charge on any atom is -0.234 e. The molecule has 0 unspecified atom stereocenters. The van der Waals surface area contributed by atoms with Gasteiger partial charge in [-0.15, -0.1) is 0 Å². The van der Waals surface area contributed by atoms with Gasteiger partial charge in [0.1, 0.15) is 12.4 Å². The van der Waals surface area contributed by atoms with Crippen molar-refractivity contribution in [2.45, 2.75) is 77.8 Å². The molecule has 3 aromatic rings. The Labute approximate surface area is 177 Å². The van der Waals surface area contributed by atoms with Gasteiger partial charge >= 0.3 is 0 Å². The monoisotopic (exact) mass is 389 g/mol. The fourth-order valence-electron chi connectivity index (χ4n) is 4.05. The van der Waals surface area contributed by atoms with Gasteiger partial charge in [0, 0.05) is 0 Å². The maximum atomic E-state index is 2.50. The van der Waals surface area contributed by atoms with E-state index in [1.54, 1.807) is 0 Å². The average molecular weight is 390 g/mol. The van der Waals surface area contributed by atoms with Crippen LogP contribution in [0.25, 0.3) is 0 Å². The van der Waals surface area contributed by atoms with Crippen molar-refractivity contribution in [3.8, 4) is 0 Å². The highest BCUT2D eigenvalue weighted by molar-refractivity contribution is 5.18. The van der Waals surface area contributed by atoms with E-state index in [1.165, 1.54) is 61.9 Å². The van der Waals surface area contributed by atoms with Gasteiger partial charge in [0.2, 0.25) is 0 Å². The first-order valence-electron chi connectivity index (χ1n) is 11.5. The molecule has 2 aromatic carbocycles. The van der Waals surface area contributed by atoms with Crippen molar-refractivity contribution in [2.75, 3.05) is 0 Å². The van der Waals surface area contributed by atoms with Crippen LogP contribution in [0.15, 0.2) is 73.1 Å². The van der Waals surface area contributed by atoms with Crippen LogP contribution in [-0.4, -0.2) is 4.57 Å². The molecule has 0 amide bonds. The molecule has 0 fully saturated rings. The maximum Gasteiger partial charge on any atom is 0.260 e. The van der Waals surface area contributed by atoms with Crippen LogP contribution >= 0.6 is 0 Å². The Morgan fingerprint density at radius 1 is 0.724 bits per heavy atom. The molecule has 0 saturated heterocycles. The van der Waals surface area contributed by atoms with Gasteiger partial charge < -0.3 is 0 Å². The summed E-state index contributed by atoms with van der Waals surface area (Å²) in [7, 11) is 0. The molecule has 0 spiro atoms. The van der Waals surface area contributed by atoms with Gasteiger partial charge in [-0.1, -0.05) is 93.3 Å². The SMILES string of the molecule is CCCCCCCCn1cc[n+](CCCc2ccccc2)c1Cc1ccccc1. The summed E-state index contributed by atoms with van der Waals surface area (Å²) in [6, 6.07) is 21.7. The number of hydrogen-bond acceptors (Lipinski definition) is 0. The Kier molecular flexibility index (Phi) is 9.03. The summed E-state index contributed by atoms with van der Waals surface area (Å²) in [6.45, 7) is 4.51. The Morgan fingerprint density at radius 3 is 2.10 bits per heavy atom. The Bertz CT molecular complexity index is 805. The summed E-state index contributed by atoms with van der Waals surface area (Å²) in [5.41, 5.74) is 2.83. The fourth-order valence-corrected chi connectivity index (χ4v) is 4.05. The third-order valence-corrected chi connectivity index (χ3v) is 5.75. The van der Waals surface area contributed by atoms with E-state index in [0.29, 0.717) is 0 Å². The van der Waals surface area contributed by atoms with Gasteiger partial charge in [-0.25, -0.2) is 9.13 Å². The molecule has 1 heterocycles. The van der Waals surface area contributed by atoms with Crippen LogP contribution in [0.3, 0.4) is 0 Å². The summed E-state index contributed by atoms with van der Waals surface area (Å²) >= 11 is 0. The number of aryl methyl sites for hydroxylation is 3. The number of rotatable bonds is 13. The van der Waals surface area contributed by atoms with E-state index in [0.717, 1.165) is 25.9 Å². The lowest BCUT2D eigenvalue weighted by Gasteiger charge is -2.07. The lowest BCUT2D eigenvalue weighted by atomic mass is 10.1. The van der Waals surface area contributed by atoms with Gasteiger partial charge in [-0.2, -0.15) is 0 Å². The molecule has 2 nitrogen and oxygen atoms in total. The molecule has 0 atom stereocenters. The van der Waals surface area contributed by atoms with Crippen LogP contribution in [0.5, 0.6) is 0 Å². The molecule has 0 aliphatic carbocycles. The summed E-state index contributed by atoms with van der Waals surface area (Å²) in [5, 5.41) is 0. The van der Waals surface area contributed by atoms with E-state index in [9.17, 15) is 0 Å². The largest absolute Gasteiger partial charge is 0.260 e. The van der Waals surface area contributed by atoms with Crippen molar-refractivity contribution in [1.29, 1.82) is 0 Å². The van der Waals surface area contributed by atoms with Crippen molar-refractivity contribution in [2.24, 2.45) is 0 Å². The molecular weight excluding hydrogens is 352 g/mol. The highest BCUT2D eigenvalue weighted by Gasteiger charge is 2.17. The van der Waals surface area contributed by atoms with Crippen LogP contribution in [-0.2, 0) is 25.9 Å². The predicted molar refractivity (Wildman–Crippen MR) is 122 cm³/mol. The predicted octanol–water partition coefficient (Wildman–Crippen LogP) is 6.36. The maximum absolute atomic E-state index is 2.50. The highest BCUT2D eigenvalue weighted by atomic mass is 15.1. The van der Waals surface area contributed by atoms with Gasteiger partial charge in [-0.05, 0) is 36.8 Å². The molecule has 154 valence electrons. The van der Waals surface area contributed by atoms with E-state index < -0.39 is 0 Å². The van der Waals surface area contributed by atoms with Crippen molar-refractivity contribution < 1.29 is 4.57 Å². The summed E-state index contributed by atoms with van der Waals surface area (Å²) in [6.07, 6.45) is 16.0. The summed E-state index contributed by atoms with van der Waals surface area (Å²) in [5.74, 6) is 1.44. The molecule has 1 aromatic heterocycles. The summed E-state index contributed by atoms with van der Waals surface area (Å²) in [4.78, 5) is 0. The highest BCUT2D eigenvalue weighted by Crippen LogP contribution is 2.11. The normalized spacial score (nSPS) is 11.1. The van der Waals surface area contributed by atoms with Gasteiger partial charge in [0.15, 0.2) is 0 Å². The molecule has 0 radical (unpaired) electrons. The number of hydrogen-bond donors (Lipinski definition) is 0. The second-order valence-electron chi connectivity index (χ2n) is 8.12. The van der Waals surface area contributed by atoms with Gasteiger partial charge in [0.25, 0.3) is 5.82 Å². The quantitative estimate of drug-likeness (QED) is 0.237. The third kappa shape index (κ3) is 7.20. The molecule has 0 aliphatic heterocycles. The number of nitrogens with zero attached hydrogens (tertiary/aromatic N) is 2. The standard InChI is InChI=1S/C27H37N2/c1-2-3-4-5-6-13-20-28-22-23-29(21-14-19-25-15-9-7-10-16-25)27(28)24-26-17-11-8-12-18-26/h7-12,15-18,22-23H,2-6,13-14,19-21,24H2,1H3/q+1. The lowest BCUT2D eigenvalue weighted by Crippen LogP contribution is -2.37. The average Bonchev–Trinajstić information content (AvgIpc) is 3.13. The Hall–Kier alpha value is -2.35. The molecule has 2 heteroatoms. The topological polar surface area (TPSA) is 8.81 Å². The van der Waals surface area contributed by atoms with Crippen molar-refractivity contribution in [1.82, 2.24) is 4.57 Å². The smallest absolute Gasteiger partial charge is 0.234 e. The number of imidazole rings is 1. The second-order valence-corrected chi connectivity index (χ2v) is 8.12. The number of benzene rings is 2. The molecule has 0 aliphatic rings. The Morgan fingerprint density at radius 2 is 1.38 bits per heavy atom. The third-order valence-electron chi connectivity index (χ3n) is 5.75. The van der Waals surface area contributed by atoms with E-state index in [2.05, 4.69) is 89.1 Å². The molecule has 0 N–H and O–H groups in total. The molecule has 3 rings (SSSR count). The van der Waals surface area contributed by atoms with Gasteiger partial charge in [-0.3, -0.25) is 0 Å². The fraction of sp³-hybridized carbons (Fsp3) is 0.444. The second kappa shape index (κ2) is 12.3. The van der Waals surface area contributed by atoms with E-state index in [1.807, 2.05) is 0 Å². The van der Waals surface area contributed by atoms with Gasteiger partial charge in [0.05, 0.1) is 19.5 Å². The zero-order valence-electron chi connectivity index (χ0n) is 18.1. The minimum atomic E-state index is 1.01. The molecule has 29 heavy (non-hydrogen) atoms. The first-order chi connectivity index (χ1) is 14.4. The van der Waals surface area contributed by atoms with Crippen LogP contribution in [0.4, 0.5) is 0 Å². The molecule has 0 bridgehead atoms. The molecular formula is C27H37N2+. The molecule has 0 saturated carbocycles. The van der Waals surface area contributed by atoms with E-state index in [-0.39, 0.29) is 0 Å². The summed E-state index contributed by atoms with van der Waals surface area (Å²) < 4.78 is 4.97. The van der Waals surface area contributed by atoms with Crippen LogP contribution in [0, 0.1) is 0 Å². The van der Waals surface area contributed by atoms with Crippen LogP contribution in [0.1, 0.15) is 68.8 Å². The van der Waals surface area contributed by atoms with E-state index >= 15 is 0 Å². The zero-order valence-corrected chi connectivity index (χ0v) is 18.1. The minimum absolute atomic E-state index is 1.01. The Balaban J connectivity index is 1.60. The van der Waals surface area contributed by atoms with Crippen LogP contribution < -0.4 is 4.57 Å². The lowest BCUT2D eigenvalue weighted by molar-refractivity contribution is -0.703. The number of unbranched alkanes of at least 4 members (excludes halogenated alkanes) is 5. The van der Waals surface area contributed by atoms with E-state index in [4.69, 9.17) is 0 Å². The first kappa shape index (κ1) is 21.4. The van der Waals surface area contributed by atoms with Crippen molar-refractivity contribution in [3.63, 3.8) is 0 Å². The zero-order chi connectivity index (χ0) is 20.2. The van der Waals surface area contributed by atoms with Crippen LogP contribution in [0.2, 0.25) is 0 Å². The van der Waals surface area contributed by atoms with Crippen molar-refractivity contribution in [3.05, 3.63) is 90.0 Å².